The maximum atomic E-state index is 13.0. The normalized spacial score (nSPS) is 19.8. The van der Waals surface area contributed by atoms with Gasteiger partial charge in [0.2, 0.25) is 0 Å². The van der Waals surface area contributed by atoms with Gasteiger partial charge < -0.3 is 9.88 Å². The number of fused-ring (bicyclic) bond motifs is 2. The number of carbonyl (C=O) groups is 1. The number of benzene rings is 2. The summed E-state index contributed by atoms with van der Waals surface area (Å²) in [6.07, 6.45) is 8.56. The molecule has 0 bridgehead atoms. The first-order valence-corrected chi connectivity index (χ1v) is 14.2. The Balaban J connectivity index is 1.00. The van der Waals surface area contributed by atoms with Crippen molar-refractivity contribution in [1.82, 2.24) is 24.8 Å². The lowest BCUT2D eigenvalue weighted by Gasteiger charge is -2.32. The monoisotopic (exact) mass is 507 g/mol. The predicted octanol–water partition coefficient (Wildman–Crippen LogP) is 5.86. The van der Waals surface area contributed by atoms with Gasteiger partial charge in [0, 0.05) is 60.5 Å². The van der Waals surface area contributed by atoms with Gasteiger partial charge in [-0.05, 0) is 69.7 Å². The van der Waals surface area contributed by atoms with Crippen LogP contribution in [0.4, 0.5) is 0 Å². The summed E-state index contributed by atoms with van der Waals surface area (Å²) < 4.78 is 2.41. The number of nitrogens with one attached hydrogen (secondary N) is 1. The zero-order chi connectivity index (χ0) is 25.9. The number of aromatic nitrogens is 3. The minimum absolute atomic E-state index is 0.0255. The summed E-state index contributed by atoms with van der Waals surface area (Å²) in [5, 5.41) is 4.22. The van der Waals surface area contributed by atoms with Gasteiger partial charge in [0.05, 0.1) is 11.2 Å². The lowest BCUT2D eigenvalue weighted by molar-refractivity contribution is 0.0921. The molecule has 1 saturated carbocycles. The quantitative estimate of drug-likeness (QED) is 0.341. The van der Waals surface area contributed by atoms with Crippen molar-refractivity contribution in [2.45, 2.75) is 64.6 Å². The van der Waals surface area contributed by atoms with E-state index in [1.54, 1.807) is 6.20 Å². The first-order valence-electron chi connectivity index (χ1n) is 14.2. The van der Waals surface area contributed by atoms with Gasteiger partial charge in [-0.15, -0.1) is 0 Å². The van der Waals surface area contributed by atoms with E-state index in [2.05, 4.69) is 57.0 Å². The molecule has 1 aliphatic heterocycles. The van der Waals surface area contributed by atoms with E-state index in [1.807, 2.05) is 30.3 Å². The molecule has 0 atom stereocenters. The molecule has 0 saturated heterocycles. The Hall–Kier alpha value is -3.51. The van der Waals surface area contributed by atoms with Gasteiger partial charge in [-0.25, -0.2) is 4.98 Å². The summed E-state index contributed by atoms with van der Waals surface area (Å²) in [4.78, 5) is 25.1. The Labute approximate surface area is 225 Å². The molecule has 1 aliphatic carbocycles. The number of nitrogens with zero attached hydrogens (tertiary/aromatic N) is 4. The second-order valence-electron chi connectivity index (χ2n) is 10.8. The molecule has 1 fully saturated rings. The molecule has 38 heavy (non-hydrogen) atoms. The summed E-state index contributed by atoms with van der Waals surface area (Å²) in [5.74, 6) is 1.87. The molecule has 6 rings (SSSR count). The van der Waals surface area contributed by atoms with Crippen molar-refractivity contribution in [2.75, 3.05) is 13.1 Å². The second kappa shape index (κ2) is 11.1. The van der Waals surface area contributed by atoms with Gasteiger partial charge in [0.25, 0.3) is 5.91 Å². The highest BCUT2D eigenvalue weighted by Crippen LogP contribution is 2.30. The van der Waals surface area contributed by atoms with Crippen molar-refractivity contribution < 1.29 is 4.79 Å². The molecule has 196 valence electrons. The molecule has 2 aromatic heterocycles. The zero-order valence-electron chi connectivity index (χ0n) is 22.3. The van der Waals surface area contributed by atoms with Gasteiger partial charge in [-0.3, -0.25) is 14.7 Å². The van der Waals surface area contributed by atoms with Crippen molar-refractivity contribution >= 4 is 16.8 Å². The molecule has 6 nitrogen and oxygen atoms in total. The summed E-state index contributed by atoms with van der Waals surface area (Å²) in [5.41, 5.74) is 5.47. The zero-order valence-corrected chi connectivity index (χ0v) is 22.3. The third kappa shape index (κ3) is 5.10. The fourth-order valence-corrected chi connectivity index (χ4v) is 6.36. The fraction of sp³-hybridized carbons (Fsp3) is 0.406. The van der Waals surface area contributed by atoms with Crippen LogP contribution in [-0.2, 0) is 19.5 Å². The van der Waals surface area contributed by atoms with E-state index in [0.29, 0.717) is 0 Å². The molecule has 0 unspecified atom stereocenters. The average Bonchev–Trinajstić information content (AvgIpc) is 3.35. The molecule has 3 heterocycles. The Morgan fingerprint density at radius 1 is 1.00 bits per heavy atom. The molecule has 2 aliphatic rings. The van der Waals surface area contributed by atoms with Gasteiger partial charge >= 0.3 is 0 Å². The van der Waals surface area contributed by atoms with E-state index in [-0.39, 0.29) is 11.9 Å². The van der Waals surface area contributed by atoms with Crippen LogP contribution < -0.4 is 5.32 Å². The van der Waals surface area contributed by atoms with Crippen LogP contribution >= 0.6 is 0 Å². The van der Waals surface area contributed by atoms with Crippen LogP contribution in [0, 0.1) is 5.92 Å². The van der Waals surface area contributed by atoms with E-state index in [9.17, 15) is 4.79 Å². The number of pyridine rings is 1. The summed E-state index contributed by atoms with van der Waals surface area (Å²) in [7, 11) is 0. The van der Waals surface area contributed by atoms with E-state index in [0.717, 1.165) is 73.7 Å². The maximum Gasteiger partial charge on any atom is 0.252 e. The van der Waals surface area contributed by atoms with Crippen LogP contribution in [-0.4, -0.2) is 44.5 Å². The Morgan fingerprint density at radius 2 is 1.84 bits per heavy atom. The van der Waals surface area contributed by atoms with Gasteiger partial charge in [0.15, 0.2) is 0 Å². The molecule has 4 aromatic rings. The van der Waals surface area contributed by atoms with Crippen LogP contribution in [0.1, 0.15) is 60.8 Å². The molecule has 0 spiro atoms. The van der Waals surface area contributed by atoms with Crippen molar-refractivity contribution in [2.24, 2.45) is 5.92 Å². The van der Waals surface area contributed by atoms with E-state index in [1.165, 1.54) is 36.2 Å². The third-order valence-corrected chi connectivity index (χ3v) is 8.47. The van der Waals surface area contributed by atoms with Gasteiger partial charge in [0.1, 0.15) is 5.82 Å². The molecule has 1 amide bonds. The topological polar surface area (TPSA) is 63.1 Å². The van der Waals surface area contributed by atoms with Crippen LogP contribution in [0.25, 0.3) is 22.3 Å². The number of hydrogen-bond donors (Lipinski definition) is 1. The Kier molecular flexibility index (Phi) is 7.23. The van der Waals surface area contributed by atoms with Crippen molar-refractivity contribution in [3.8, 4) is 11.4 Å². The Morgan fingerprint density at radius 3 is 2.66 bits per heavy atom. The predicted molar refractivity (Wildman–Crippen MR) is 152 cm³/mol. The van der Waals surface area contributed by atoms with E-state index in [4.69, 9.17) is 4.98 Å². The summed E-state index contributed by atoms with van der Waals surface area (Å²) in [6.45, 7) is 6.37. The molecular weight excluding hydrogens is 470 g/mol. The van der Waals surface area contributed by atoms with Crippen LogP contribution in [0.5, 0.6) is 0 Å². The van der Waals surface area contributed by atoms with Crippen molar-refractivity contribution in [3.05, 3.63) is 83.8 Å². The summed E-state index contributed by atoms with van der Waals surface area (Å²) >= 11 is 0. The fourth-order valence-electron chi connectivity index (χ4n) is 6.36. The number of amides is 1. The highest BCUT2D eigenvalue weighted by molar-refractivity contribution is 6.06. The van der Waals surface area contributed by atoms with Crippen LogP contribution in [0.3, 0.4) is 0 Å². The third-order valence-electron chi connectivity index (χ3n) is 8.47. The first kappa shape index (κ1) is 24.8. The number of rotatable bonds is 7. The highest BCUT2D eigenvalue weighted by atomic mass is 16.1. The number of hydrogen-bond acceptors (Lipinski definition) is 4. The molecular formula is C32H37N5O. The average molecular weight is 508 g/mol. The standard InChI is InChI=1S/C32H37N5O/c1-2-37-30-18-21-36(22-29(30)35-31(37)24-8-4-3-5-9-24)20-17-23-13-15-25(16-14-23)34-32(38)27-10-6-12-28-26(27)11-7-19-33-28/h3-12,19,23,25H,2,13-18,20-22H2,1H3,(H,34,38)/t23-,25-. The second-order valence-corrected chi connectivity index (χ2v) is 10.8. The molecule has 6 heteroatoms. The molecule has 0 radical (unpaired) electrons. The summed E-state index contributed by atoms with van der Waals surface area (Å²) in [6, 6.07) is 20.5. The van der Waals surface area contributed by atoms with Gasteiger partial charge in [-0.1, -0.05) is 42.5 Å². The minimum atomic E-state index is 0.0255. The van der Waals surface area contributed by atoms with E-state index < -0.39 is 0 Å². The van der Waals surface area contributed by atoms with E-state index >= 15 is 0 Å². The lowest BCUT2D eigenvalue weighted by Crippen LogP contribution is -2.38. The number of imidazole rings is 1. The largest absolute Gasteiger partial charge is 0.349 e. The minimum Gasteiger partial charge on any atom is -0.349 e. The molecule has 2 aromatic carbocycles. The van der Waals surface area contributed by atoms with Crippen LogP contribution in [0.15, 0.2) is 66.9 Å². The maximum absolute atomic E-state index is 13.0. The molecule has 1 N–H and O–H groups in total. The van der Waals surface area contributed by atoms with Gasteiger partial charge in [-0.2, -0.15) is 0 Å². The highest BCUT2D eigenvalue weighted by Gasteiger charge is 2.27. The SMILES string of the molecule is CCn1c(-c2ccccc2)nc2c1CCN(CC[C@H]1CC[C@H](NC(=O)c3cccc4ncccc34)CC1)C2. The lowest BCUT2D eigenvalue weighted by atomic mass is 9.84. The van der Waals surface area contributed by atoms with Crippen molar-refractivity contribution in [3.63, 3.8) is 0 Å². The number of carbonyl (C=O) groups excluding carboxylic acids is 1. The van der Waals surface area contributed by atoms with Crippen molar-refractivity contribution in [1.29, 1.82) is 0 Å². The first-order chi connectivity index (χ1) is 18.7. The van der Waals surface area contributed by atoms with Crippen LogP contribution in [0.2, 0.25) is 0 Å². The smallest absolute Gasteiger partial charge is 0.252 e. The Bertz CT molecular complexity index is 1400.